The van der Waals surface area contributed by atoms with Gasteiger partial charge in [0.2, 0.25) is 5.75 Å². The van der Waals surface area contributed by atoms with Gasteiger partial charge in [0.05, 0.1) is 32.5 Å². The summed E-state index contributed by atoms with van der Waals surface area (Å²) < 4.78 is 26.7. The summed E-state index contributed by atoms with van der Waals surface area (Å²) in [5.41, 5.74) is 9.70. The molecule has 0 radical (unpaired) electrons. The molecule has 7 aromatic rings. The third kappa shape index (κ3) is 10.4. The number of piperazine rings is 1. The summed E-state index contributed by atoms with van der Waals surface area (Å²) >= 11 is 0. The molecule has 5 heterocycles. The van der Waals surface area contributed by atoms with Crippen LogP contribution >= 0.6 is 0 Å². The van der Waals surface area contributed by atoms with Crippen LogP contribution in [0, 0.1) is 11.3 Å². The van der Waals surface area contributed by atoms with Crippen molar-refractivity contribution in [1.82, 2.24) is 10.3 Å². The minimum atomic E-state index is -0.833. The average Bonchev–Trinajstić information content (AvgIpc) is 4.18. The smallest absolute Gasteiger partial charge is 0.204 e. The standard InChI is InChI=1S/C65H73N3O8/c1-3-50-38-54-48-13-9-12-44(37-48)17-25-53-59-58(55(72)39-56(76-59)47-18-23-51(70)24-19-47)61(74-35-26-52(71)22-16-43-10-5-4-6-11-43)62(73-2)60(53)75-42-46(41-69)36-45-14-20-49(21-15-45)65(31-29-64(30-32-65)27-7-8-28-64)57-40-66-33-34-68(57)63(54)67-50/h4-6,9-16,18-24,37-39,46,52,57,66-67,69-71H,3,7-8,17,25-36,40-42H2,1-2H3. The predicted octanol–water partition coefficient (Wildman–Crippen LogP) is 11.8. The van der Waals surface area contributed by atoms with Crippen LogP contribution in [0.5, 0.6) is 23.0 Å². The Morgan fingerprint density at radius 3 is 2.39 bits per heavy atom. The number of fused-ring (bicyclic) bond motifs is 7. The van der Waals surface area contributed by atoms with Gasteiger partial charge in [-0.15, -0.1) is 0 Å². The topological polar surface area (TPSA) is 150 Å². The summed E-state index contributed by atoms with van der Waals surface area (Å²) in [7, 11) is 1.54. The van der Waals surface area contributed by atoms with Crippen molar-refractivity contribution >= 4 is 22.9 Å². The Morgan fingerprint density at radius 2 is 1.64 bits per heavy atom. The number of methoxy groups -OCH3 is 1. The highest BCUT2D eigenvalue weighted by molar-refractivity contribution is 5.93. The Kier molecular flexibility index (Phi) is 15.1. The summed E-state index contributed by atoms with van der Waals surface area (Å²) in [6.07, 6.45) is 15.6. The molecule has 5 aliphatic rings. The molecule has 3 atom stereocenters. The van der Waals surface area contributed by atoms with E-state index in [0.717, 1.165) is 61.2 Å². The minimum absolute atomic E-state index is 0.0451. The van der Waals surface area contributed by atoms with Gasteiger partial charge in [-0.3, -0.25) is 4.79 Å². The number of benzene rings is 5. The zero-order chi connectivity index (χ0) is 52.2. The van der Waals surface area contributed by atoms with E-state index in [1.165, 1.54) is 67.2 Å². The number of hydrogen-bond donors (Lipinski definition) is 5. The van der Waals surface area contributed by atoms with E-state index >= 15 is 0 Å². The number of aromatic hydroxyl groups is 1. The van der Waals surface area contributed by atoms with Gasteiger partial charge >= 0.3 is 0 Å². The SMILES string of the molecule is CCc1cc2c([nH]1)N1CCNCC1C1(CCC3(CCCC3)CC1)c1ccc(cc1)CC(CO)COc1c(OC)c(OCCC(O)C=Cc3ccccc3)c3c(=O)cc(-c4ccc(O)cc4)oc3c1CCc1cccc-2c1. The van der Waals surface area contributed by atoms with Crippen LogP contribution in [0.4, 0.5) is 5.82 Å². The fourth-order valence-corrected chi connectivity index (χ4v) is 13.1. The molecule has 0 amide bonds. The van der Waals surface area contributed by atoms with Crippen LogP contribution in [0.1, 0.15) is 98.2 Å². The molecule has 2 spiro atoms. The van der Waals surface area contributed by atoms with Gasteiger partial charge in [-0.05, 0) is 128 Å². The Morgan fingerprint density at radius 1 is 0.855 bits per heavy atom. The second-order valence-electron chi connectivity index (χ2n) is 22.0. The molecule has 3 fully saturated rings. The van der Waals surface area contributed by atoms with Gasteiger partial charge in [-0.2, -0.15) is 0 Å². The van der Waals surface area contributed by atoms with Crippen LogP contribution in [-0.4, -0.2) is 79.0 Å². The molecule has 11 heteroatoms. The van der Waals surface area contributed by atoms with Crippen molar-refractivity contribution in [1.29, 1.82) is 0 Å². The molecule has 3 unspecified atom stereocenters. The first-order chi connectivity index (χ1) is 37.2. The zero-order valence-corrected chi connectivity index (χ0v) is 44.1. The summed E-state index contributed by atoms with van der Waals surface area (Å²) in [6.45, 7) is 4.98. The highest BCUT2D eigenvalue weighted by atomic mass is 16.5. The monoisotopic (exact) mass is 1020 g/mol. The number of phenols is 1. The highest BCUT2D eigenvalue weighted by Gasteiger charge is 2.51. The van der Waals surface area contributed by atoms with Gasteiger partial charge in [0.1, 0.15) is 28.3 Å². The number of anilines is 1. The molecular weight excluding hydrogens is 951 g/mol. The first-order valence-electron chi connectivity index (χ1n) is 27.8. The molecule has 5 N–H and O–H groups in total. The largest absolute Gasteiger partial charge is 0.508 e. The molecule has 11 nitrogen and oxygen atoms in total. The van der Waals surface area contributed by atoms with E-state index in [1.807, 2.05) is 36.4 Å². The molecule has 2 aromatic heterocycles. The number of rotatable bonds is 10. The van der Waals surface area contributed by atoms with E-state index in [0.29, 0.717) is 52.9 Å². The third-order valence-electron chi connectivity index (χ3n) is 17.4. The molecular formula is C65H73N3O8. The number of aliphatic hydroxyl groups is 2. The Balaban J connectivity index is 1.04. The van der Waals surface area contributed by atoms with Gasteiger partial charge in [0, 0.05) is 72.4 Å². The number of H-pyrrole nitrogens is 1. The van der Waals surface area contributed by atoms with Crippen molar-refractivity contribution in [3.05, 3.63) is 165 Å². The van der Waals surface area contributed by atoms with Crippen LogP contribution in [0.15, 0.2) is 131 Å². The van der Waals surface area contributed by atoms with Crippen LogP contribution in [-0.2, 0) is 31.1 Å². The Hall–Kier alpha value is -6.79. The summed E-state index contributed by atoms with van der Waals surface area (Å²) in [6, 6.07) is 38.5. The lowest BCUT2D eigenvalue weighted by Crippen LogP contribution is -2.62. The Labute approximate surface area is 446 Å². The lowest BCUT2D eigenvalue weighted by molar-refractivity contribution is 0.107. The number of aromatic amines is 1. The number of aromatic nitrogens is 1. The normalized spacial score (nSPS) is 19.8. The van der Waals surface area contributed by atoms with Crippen molar-refractivity contribution in [2.24, 2.45) is 11.3 Å². The van der Waals surface area contributed by atoms with Crippen molar-refractivity contribution in [2.75, 3.05) is 51.5 Å². The molecule has 2 saturated carbocycles. The fourth-order valence-electron chi connectivity index (χ4n) is 13.1. The molecule has 76 heavy (non-hydrogen) atoms. The highest BCUT2D eigenvalue weighted by Crippen LogP contribution is 2.57. The van der Waals surface area contributed by atoms with Crippen LogP contribution < -0.4 is 29.9 Å². The first kappa shape index (κ1) is 51.3. The maximum absolute atomic E-state index is 14.7. The van der Waals surface area contributed by atoms with Crippen molar-refractivity contribution in [3.8, 4) is 45.4 Å². The van der Waals surface area contributed by atoms with Crippen LogP contribution in [0.25, 0.3) is 39.5 Å². The van der Waals surface area contributed by atoms with Crippen molar-refractivity contribution in [2.45, 2.75) is 108 Å². The number of nitrogens with one attached hydrogen (secondary N) is 2. The molecule has 1 saturated heterocycles. The maximum Gasteiger partial charge on any atom is 0.204 e. The molecule has 12 rings (SSSR count). The number of nitrogens with zero attached hydrogens (tertiary/aromatic N) is 1. The molecule has 3 aliphatic heterocycles. The Bertz CT molecular complexity index is 3200. The van der Waals surface area contributed by atoms with E-state index in [2.05, 4.69) is 76.7 Å². The first-order valence-corrected chi connectivity index (χ1v) is 27.8. The van der Waals surface area contributed by atoms with E-state index in [9.17, 15) is 20.1 Å². The van der Waals surface area contributed by atoms with Crippen LogP contribution in [0.3, 0.4) is 0 Å². The van der Waals surface area contributed by atoms with E-state index in [1.54, 1.807) is 37.5 Å². The second-order valence-corrected chi connectivity index (χ2v) is 22.0. The molecule has 5 aromatic carbocycles. The van der Waals surface area contributed by atoms with Crippen LogP contribution in [0.2, 0.25) is 0 Å². The van der Waals surface area contributed by atoms with Gasteiger partial charge in [-0.1, -0.05) is 111 Å². The van der Waals surface area contributed by atoms with E-state index in [-0.39, 0.29) is 71.7 Å². The number of ether oxygens (including phenoxy) is 3. The molecule has 2 aliphatic carbocycles. The number of hydrogen-bond acceptors (Lipinski definition) is 10. The summed E-state index contributed by atoms with van der Waals surface area (Å²) in [5, 5.41) is 36.5. The second kappa shape index (κ2) is 22.4. The van der Waals surface area contributed by atoms with E-state index < -0.39 is 6.10 Å². The van der Waals surface area contributed by atoms with E-state index in [4.69, 9.17) is 18.6 Å². The zero-order valence-electron chi connectivity index (χ0n) is 44.1. The molecule has 396 valence electrons. The molecule has 4 bridgehead atoms. The summed E-state index contributed by atoms with van der Waals surface area (Å²) in [5.74, 6) is 2.05. The van der Waals surface area contributed by atoms with Gasteiger partial charge in [0.25, 0.3) is 0 Å². The van der Waals surface area contributed by atoms with Gasteiger partial charge in [0.15, 0.2) is 16.9 Å². The maximum atomic E-state index is 14.7. The number of aliphatic hydroxyl groups excluding tert-OH is 2. The van der Waals surface area contributed by atoms with Gasteiger partial charge in [-0.25, -0.2) is 0 Å². The summed E-state index contributed by atoms with van der Waals surface area (Å²) in [4.78, 5) is 21.4. The van der Waals surface area contributed by atoms with Crippen molar-refractivity contribution in [3.63, 3.8) is 0 Å². The minimum Gasteiger partial charge on any atom is -0.508 e. The lowest BCUT2D eigenvalue weighted by Gasteiger charge is -2.54. The van der Waals surface area contributed by atoms with Crippen molar-refractivity contribution < 1.29 is 33.9 Å². The third-order valence-corrected chi connectivity index (χ3v) is 17.4. The fraction of sp³-hybridized carbons (Fsp3) is 0.400. The predicted molar refractivity (Wildman–Crippen MR) is 302 cm³/mol. The van der Waals surface area contributed by atoms with Gasteiger partial charge < -0.3 is 49.1 Å². The quantitative estimate of drug-likeness (QED) is 0.0896. The average molecular weight is 1020 g/mol. The number of aryl methyl sites for hydroxylation is 3. The lowest BCUT2D eigenvalue weighted by atomic mass is 9.57. The number of phenolic OH excluding ortho intramolecular Hbond substituents is 1.